The summed E-state index contributed by atoms with van der Waals surface area (Å²) < 4.78 is 0. The molecule has 0 bridgehead atoms. The van der Waals surface area contributed by atoms with Crippen LogP contribution in [0, 0.1) is 6.92 Å². The lowest BCUT2D eigenvalue weighted by Gasteiger charge is -2.09. The van der Waals surface area contributed by atoms with Gasteiger partial charge in [-0.2, -0.15) is 0 Å². The summed E-state index contributed by atoms with van der Waals surface area (Å²) in [5.41, 5.74) is 1.73. The average Bonchev–Trinajstić information content (AvgIpc) is 2.36. The van der Waals surface area contributed by atoms with Crippen LogP contribution in [0.2, 0.25) is 10.0 Å². The van der Waals surface area contributed by atoms with E-state index in [0.29, 0.717) is 10.6 Å². The zero-order chi connectivity index (χ0) is 14.0. The fourth-order valence-electron chi connectivity index (χ4n) is 1.56. The van der Waals surface area contributed by atoms with Gasteiger partial charge in [0.15, 0.2) is 5.75 Å². The molecule has 3 nitrogen and oxygen atoms in total. The molecule has 1 amide bonds. The molecule has 0 spiro atoms. The molecule has 0 radical (unpaired) electrons. The number of aryl methyl sites for hydroxylation is 1. The number of carbonyl (C=O) groups is 1. The summed E-state index contributed by atoms with van der Waals surface area (Å²) in [5.74, 6) is -0.542. The van der Waals surface area contributed by atoms with E-state index < -0.39 is 0 Å². The predicted molar refractivity (Wildman–Crippen MR) is 77.3 cm³/mol. The molecule has 0 atom stereocenters. The molecule has 0 aromatic heterocycles. The summed E-state index contributed by atoms with van der Waals surface area (Å²) in [6.45, 7) is 1.93. The number of rotatable bonds is 2. The smallest absolute Gasteiger partial charge is 0.255 e. The van der Waals surface area contributed by atoms with Crippen molar-refractivity contribution in [2.45, 2.75) is 6.92 Å². The van der Waals surface area contributed by atoms with Gasteiger partial charge in [0.2, 0.25) is 0 Å². The summed E-state index contributed by atoms with van der Waals surface area (Å²) in [6, 6.07) is 9.91. The van der Waals surface area contributed by atoms with Gasteiger partial charge in [0, 0.05) is 10.6 Å². The normalized spacial score (nSPS) is 10.3. The van der Waals surface area contributed by atoms with Crippen molar-refractivity contribution in [2.75, 3.05) is 5.32 Å². The molecule has 2 N–H and O–H groups in total. The van der Waals surface area contributed by atoms with Gasteiger partial charge in [0.1, 0.15) is 0 Å². The van der Waals surface area contributed by atoms with Crippen LogP contribution in [0.25, 0.3) is 0 Å². The molecule has 2 aromatic rings. The molecule has 0 aliphatic rings. The van der Waals surface area contributed by atoms with Crippen LogP contribution in [0.3, 0.4) is 0 Å². The molecule has 0 saturated heterocycles. The van der Waals surface area contributed by atoms with Gasteiger partial charge < -0.3 is 10.4 Å². The quantitative estimate of drug-likeness (QED) is 0.813. The monoisotopic (exact) mass is 295 g/mol. The Morgan fingerprint density at radius 2 is 1.79 bits per heavy atom. The largest absolute Gasteiger partial charge is 0.504 e. The minimum absolute atomic E-state index is 0.0895. The minimum atomic E-state index is -0.339. The highest BCUT2D eigenvalue weighted by Crippen LogP contribution is 2.35. The Morgan fingerprint density at radius 1 is 1.16 bits per heavy atom. The Hall–Kier alpha value is -1.71. The van der Waals surface area contributed by atoms with Crippen molar-refractivity contribution in [1.29, 1.82) is 0 Å². The summed E-state index contributed by atoms with van der Waals surface area (Å²) >= 11 is 11.6. The first-order valence-corrected chi connectivity index (χ1v) is 6.29. The van der Waals surface area contributed by atoms with Crippen LogP contribution in [-0.2, 0) is 0 Å². The zero-order valence-corrected chi connectivity index (χ0v) is 11.6. The van der Waals surface area contributed by atoms with E-state index in [9.17, 15) is 9.90 Å². The number of halogens is 2. The summed E-state index contributed by atoms with van der Waals surface area (Å²) in [6.07, 6.45) is 0. The van der Waals surface area contributed by atoms with Crippen molar-refractivity contribution in [3.8, 4) is 5.75 Å². The van der Waals surface area contributed by atoms with Crippen molar-refractivity contribution < 1.29 is 9.90 Å². The first kappa shape index (κ1) is 13.7. The maximum Gasteiger partial charge on any atom is 0.255 e. The van der Waals surface area contributed by atoms with Gasteiger partial charge in [-0.15, -0.1) is 0 Å². The third-order valence-corrected chi connectivity index (χ3v) is 3.10. The second-order valence-corrected chi connectivity index (χ2v) is 4.95. The highest BCUT2D eigenvalue weighted by atomic mass is 35.5. The van der Waals surface area contributed by atoms with Crippen LogP contribution in [0.1, 0.15) is 15.9 Å². The molecule has 19 heavy (non-hydrogen) atoms. The number of phenols is 1. The molecule has 0 heterocycles. The molecule has 0 unspecified atom stereocenters. The van der Waals surface area contributed by atoms with E-state index >= 15 is 0 Å². The maximum atomic E-state index is 12.0. The van der Waals surface area contributed by atoms with E-state index in [2.05, 4.69) is 5.32 Å². The zero-order valence-electron chi connectivity index (χ0n) is 10.1. The molecule has 0 fully saturated rings. The van der Waals surface area contributed by atoms with Crippen molar-refractivity contribution in [1.82, 2.24) is 0 Å². The molecule has 0 aliphatic heterocycles. The minimum Gasteiger partial charge on any atom is -0.504 e. The second kappa shape index (κ2) is 5.51. The van der Waals surface area contributed by atoms with Crippen molar-refractivity contribution in [3.05, 3.63) is 57.6 Å². The van der Waals surface area contributed by atoms with Gasteiger partial charge in [-0.05, 0) is 31.2 Å². The topological polar surface area (TPSA) is 49.3 Å². The number of phenolic OH excluding ortho intramolecular Hbond substituents is 1. The molecule has 0 saturated carbocycles. The molecular formula is C14H11Cl2NO2. The summed E-state index contributed by atoms with van der Waals surface area (Å²) in [4.78, 5) is 12.0. The highest BCUT2D eigenvalue weighted by Gasteiger charge is 2.12. The summed E-state index contributed by atoms with van der Waals surface area (Å²) in [7, 11) is 0. The van der Waals surface area contributed by atoms with Crippen LogP contribution >= 0.6 is 23.2 Å². The second-order valence-electron chi connectivity index (χ2n) is 4.10. The summed E-state index contributed by atoms with van der Waals surface area (Å²) in [5, 5.41) is 12.8. The van der Waals surface area contributed by atoms with Gasteiger partial charge in [-0.1, -0.05) is 40.9 Å². The van der Waals surface area contributed by atoms with Crippen molar-refractivity contribution in [3.63, 3.8) is 0 Å². The van der Waals surface area contributed by atoms with Crippen LogP contribution < -0.4 is 5.32 Å². The Morgan fingerprint density at radius 3 is 2.42 bits per heavy atom. The Balaban J connectivity index is 2.26. The number of anilines is 1. The number of hydrogen-bond acceptors (Lipinski definition) is 2. The Kier molecular flexibility index (Phi) is 3.98. The third-order valence-electron chi connectivity index (χ3n) is 2.59. The van der Waals surface area contributed by atoms with E-state index in [1.165, 1.54) is 12.1 Å². The molecule has 5 heteroatoms. The number of amides is 1. The molecule has 0 aliphatic carbocycles. The average molecular weight is 296 g/mol. The van der Waals surface area contributed by atoms with Gasteiger partial charge in [-0.3, -0.25) is 4.79 Å². The Bertz CT molecular complexity index is 624. The molecule has 2 rings (SSSR count). The lowest BCUT2D eigenvalue weighted by molar-refractivity contribution is 0.102. The van der Waals surface area contributed by atoms with E-state index in [4.69, 9.17) is 23.2 Å². The molecule has 2 aromatic carbocycles. The van der Waals surface area contributed by atoms with E-state index in [1.54, 1.807) is 12.1 Å². The van der Waals surface area contributed by atoms with Crippen LogP contribution in [0.5, 0.6) is 5.75 Å². The van der Waals surface area contributed by atoms with E-state index in [1.807, 2.05) is 19.1 Å². The fourth-order valence-corrected chi connectivity index (χ4v) is 2.05. The van der Waals surface area contributed by atoms with E-state index in [-0.39, 0.29) is 22.4 Å². The number of aromatic hydroxyl groups is 1. The lowest BCUT2D eigenvalue weighted by atomic mass is 10.1. The first-order valence-electron chi connectivity index (χ1n) is 5.53. The fraction of sp³-hybridized carbons (Fsp3) is 0.0714. The van der Waals surface area contributed by atoms with Gasteiger partial charge in [0.05, 0.1) is 10.7 Å². The third kappa shape index (κ3) is 3.19. The molecule has 98 valence electrons. The van der Waals surface area contributed by atoms with Gasteiger partial charge in [-0.25, -0.2) is 0 Å². The molecular weight excluding hydrogens is 285 g/mol. The SMILES string of the molecule is Cc1ccc(C(=O)Nc2cc(Cl)cc(Cl)c2O)cc1. The van der Waals surface area contributed by atoms with Gasteiger partial charge in [0.25, 0.3) is 5.91 Å². The first-order chi connectivity index (χ1) is 8.97. The van der Waals surface area contributed by atoms with Crippen LogP contribution in [0.15, 0.2) is 36.4 Å². The number of carbonyl (C=O) groups excluding carboxylic acids is 1. The maximum absolute atomic E-state index is 12.0. The lowest BCUT2D eigenvalue weighted by Crippen LogP contribution is -2.12. The van der Waals surface area contributed by atoms with Crippen molar-refractivity contribution >= 4 is 34.8 Å². The van der Waals surface area contributed by atoms with Crippen molar-refractivity contribution in [2.24, 2.45) is 0 Å². The predicted octanol–water partition coefficient (Wildman–Crippen LogP) is 4.26. The van der Waals surface area contributed by atoms with Crippen LogP contribution in [-0.4, -0.2) is 11.0 Å². The standard InChI is InChI=1S/C14H11Cl2NO2/c1-8-2-4-9(5-3-8)14(19)17-12-7-10(15)6-11(16)13(12)18/h2-7,18H,1H3,(H,17,19). The van der Waals surface area contributed by atoms with Crippen LogP contribution in [0.4, 0.5) is 5.69 Å². The van der Waals surface area contributed by atoms with Gasteiger partial charge >= 0.3 is 0 Å². The van der Waals surface area contributed by atoms with E-state index in [0.717, 1.165) is 5.56 Å². The number of benzene rings is 2. The Labute approximate surface area is 120 Å². The number of hydrogen-bond donors (Lipinski definition) is 2. The number of nitrogens with one attached hydrogen (secondary N) is 1. The highest BCUT2D eigenvalue weighted by molar-refractivity contribution is 6.36.